The summed E-state index contributed by atoms with van der Waals surface area (Å²) >= 11 is 0. The number of aliphatic hydroxyl groups is 1. The Labute approximate surface area is 154 Å². The molecule has 1 aromatic heterocycles. The van der Waals surface area contributed by atoms with Crippen molar-refractivity contribution in [2.75, 3.05) is 39.4 Å². The Hall–Kier alpha value is -1.44. The number of amides is 1. The number of nitrogens with zero attached hydrogens (tertiary/aromatic N) is 3. The zero-order chi connectivity index (χ0) is 18.0. The Morgan fingerprint density at radius 2 is 2.12 bits per heavy atom. The lowest BCUT2D eigenvalue weighted by Crippen LogP contribution is -2.57. The van der Waals surface area contributed by atoms with E-state index < -0.39 is 0 Å². The van der Waals surface area contributed by atoms with Crippen molar-refractivity contribution in [1.82, 2.24) is 19.8 Å². The zero-order valence-electron chi connectivity index (χ0n) is 15.4. The molecule has 3 aliphatic rings. The summed E-state index contributed by atoms with van der Waals surface area (Å²) in [6.07, 6.45) is 8.44. The van der Waals surface area contributed by atoms with E-state index >= 15 is 0 Å². The first-order valence-corrected chi connectivity index (χ1v) is 9.88. The lowest BCUT2D eigenvalue weighted by Gasteiger charge is -2.51. The predicted octanol–water partition coefficient (Wildman–Crippen LogP) is 0.807. The minimum atomic E-state index is -0.251. The molecule has 7 nitrogen and oxygen atoms in total. The number of carbonyl (C=O) groups is 1. The van der Waals surface area contributed by atoms with Crippen molar-refractivity contribution in [3.05, 3.63) is 18.2 Å². The van der Waals surface area contributed by atoms with Crippen molar-refractivity contribution in [3.8, 4) is 0 Å². The Morgan fingerprint density at radius 3 is 2.81 bits per heavy atom. The fourth-order valence-electron chi connectivity index (χ4n) is 4.97. The highest BCUT2D eigenvalue weighted by atomic mass is 16.5. The lowest BCUT2D eigenvalue weighted by molar-refractivity contribution is -0.135. The van der Waals surface area contributed by atoms with Crippen LogP contribution in [0, 0.1) is 5.41 Å². The second kappa shape index (κ2) is 7.66. The highest BCUT2D eigenvalue weighted by Crippen LogP contribution is 2.41. The number of H-pyrrole nitrogens is 1. The molecule has 0 aromatic carbocycles. The van der Waals surface area contributed by atoms with Gasteiger partial charge in [-0.2, -0.15) is 0 Å². The van der Waals surface area contributed by atoms with Gasteiger partial charge in [0.25, 0.3) is 0 Å². The number of imidazole rings is 1. The first kappa shape index (κ1) is 17.9. The van der Waals surface area contributed by atoms with Gasteiger partial charge in [-0.1, -0.05) is 0 Å². The van der Waals surface area contributed by atoms with E-state index in [1.54, 1.807) is 12.5 Å². The molecule has 26 heavy (non-hydrogen) atoms. The van der Waals surface area contributed by atoms with Crippen molar-refractivity contribution in [2.24, 2.45) is 5.41 Å². The molecule has 3 fully saturated rings. The van der Waals surface area contributed by atoms with E-state index in [1.807, 2.05) is 4.90 Å². The van der Waals surface area contributed by atoms with Crippen molar-refractivity contribution < 1.29 is 14.6 Å². The number of hydrogen-bond acceptors (Lipinski definition) is 5. The topological polar surface area (TPSA) is 81.7 Å². The van der Waals surface area contributed by atoms with Gasteiger partial charge in [-0.05, 0) is 37.5 Å². The van der Waals surface area contributed by atoms with Crippen LogP contribution in [0.1, 0.15) is 37.8 Å². The van der Waals surface area contributed by atoms with Gasteiger partial charge in [0.15, 0.2) is 0 Å². The summed E-state index contributed by atoms with van der Waals surface area (Å²) in [5, 5.41) is 10.5. The van der Waals surface area contributed by atoms with Gasteiger partial charge in [-0.25, -0.2) is 4.98 Å². The summed E-state index contributed by atoms with van der Waals surface area (Å²) in [6, 6.07) is 0.538. The van der Waals surface area contributed by atoms with Gasteiger partial charge in [-0.3, -0.25) is 9.69 Å². The van der Waals surface area contributed by atoms with E-state index in [0.717, 1.165) is 77.2 Å². The smallest absolute Gasteiger partial charge is 0.228 e. The summed E-state index contributed by atoms with van der Waals surface area (Å²) in [7, 11) is 0. The Kier molecular flexibility index (Phi) is 5.29. The number of nitrogens with one attached hydrogen (secondary N) is 1. The van der Waals surface area contributed by atoms with Gasteiger partial charge in [0.2, 0.25) is 5.91 Å². The molecule has 3 aliphatic heterocycles. The molecule has 1 aromatic rings. The van der Waals surface area contributed by atoms with E-state index in [-0.39, 0.29) is 17.4 Å². The van der Waals surface area contributed by atoms with E-state index in [9.17, 15) is 9.90 Å². The molecule has 1 atom stereocenters. The maximum absolute atomic E-state index is 12.5. The SMILES string of the molecule is O=C(Cc1cnc[nH]1)N1CCC2(CC1)CC(O)CN(C1CCOCC1)C2. The van der Waals surface area contributed by atoms with Crippen molar-refractivity contribution in [1.29, 1.82) is 0 Å². The third-order valence-electron chi connectivity index (χ3n) is 6.43. The largest absolute Gasteiger partial charge is 0.392 e. The zero-order valence-corrected chi connectivity index (χ0v) is 15.4. The van der Waals surface area contributed by atoms with Crippen molar-refractivity contribution >= 4 is 5.91 Å². The molecule has 0 saturated carbocycles. The minimum Gasteiger partial charge on any atom is -0.392 e. The van der Waals surface area contributed by atoms with Crippen molar-refractivity contribution in [3.63, 3.8) is 0 Å². The summed E-state index contributed by atoms with van der Waals surface area (Å²) in [5.41, 5.74) is 1.02. The molecule has 4 rings (SSSR count). The molecule has 3 saturated heterocycles. The fourth-order valence-corrected chi connectivity index (χ4v) is 4.97. The number of rotatable bonds is 3. The fraction of sp³-hybridized carbons (Fsp3) is 0.789. The number of piperidine rings is 2. The molecule has 1 amide bonds. The average molecular weight is 362 g/mol. The number of aliphatic hydroxyl groups excluding tert-OH is 1. The number of likely N-dealkylation sites (tertiary alicyclic amines) is 2. The van der Waals surface area contributed by atoms with E-state index in [0.29, 0.717) is 12.5 Å². The molecule has 1 spiro atoms. The van der Waals surface area contributed by atoms with Crippen LogP contribution in [-0.4, -0.2) is 82.3 Å². The van der Waals surface area contributed by atoms with Crippen molar-refractivity contribution in [2.45, 2.75) is 50.7 Å². The van der Waals surface area contributed by atoms with E-state index in [1.165, 1.54) is 0 Å². The molecule has 1 unspecified atom stereocenters. The number of aromatic nitrogens is 2. The number of aromatic amines is 1. The molecule has 0 aliphatic carbocycles. The van der Waals surface area contributed by atoms with Crippen LogP contribution in [0.4, 0.5) is 0 Å². The molecule has 4 heterocycles. The van der Waals surface area contributed by atoms with Gasteiger partial charge < -0.3 is 19.7 Å². The Balaban J connectivity index is 1.35. The highest BCUT2D eigenvalue weighted by molar-refractivity contribution is 5.78. The third kappa shape index (κ3) is 3.94. The van der Waals surface area contributed by atoms with Crippen LogP contribution in [0.15, 0.2) is 12.5 Å². The number of hydrogen-bond donors (Lipinski definition) is 2. The number of ether oxygens (including phenoxy) is 1. The molecular formula is C19H30N4O3. The van der Waals surface area contributed by atoms with E-state index in [4.69, 9.17) is 4.74 Å². The molecule has 0 bridgehead atoms. The lowest BCUT2D eigenvalue weighted by atomic mass is 9.71. The minimum absolute atomic E-state index is 0.154. The summed E-state index contributed by atoms with van der Waals surface area (Å²) in [5.74, 6) is 0.168. The number of β-amino-alcohol motifs (C(OH)–C–C–N with tert-alkyl or cyclic N) is 1. The van der Waals surface area contributed by atoms with Gasteiger partial charge in [-0.15, -0.1) is 0 Å². The third-order valence-corrected chi connectivity index (χ3v) is 6.43. The quantitative estimate of drug-likeness (QED) is 0.832. The van der Waals surface area contributed by atoms with Gasteiger partial charge in [0, 0.05) is 57.3 Å². The van der Waals surface area contributed by atoms with Gasteiger partial charge >= 0.3 is 0 Å². The van der Waals surface area contributed by atoms with Crippen LogP contribution in [0.5, 0.6) is 0 Å². The Bertz CT molecular complexity index is 592. The van der Waals surface area contributed by atoms with Gasteiger partial charge in [0.1, 0.15) is 0 Å². The van der Waals surface area contributed by atoms with Crippen LogP contribution in [0.3, 0.4) is 0 Å². The second-order valence-electron chi connectivity index (χ2n) is 8.27. The molecule has 0 radical (unpaired) electrons. The summed E-state index contributed by atoms with van der Waals surface area (Å²) in [6.45, 7) is 5.09. The van der Waals surface area contributed by atoms with Crippen LogP contribution in [0.25, 0.3) is 0 Å². The monoisotopic (exact) mass is 362 g/mol. The van der Waals surface area contributed by atoms with E-state index in [2.05, 4.69) is 14.9 Å². The summed E-state index contributed by atoms with van der Waals surface area (Å²) < 4.78 is 5.50. The van der Waals surface area contributed by atoms with Crippen LogP contribution >= 0.6 is 0 Å². The molecular weight excluding hydrogens is 332 g/mol. The summed E-state index contributed by atoms with van der Waals surface area (Å²) in [4.78, 5) is 24.0. The first-order valence-electron chi connectivity index (χ1n) is 9.88. The maximum atomic E-state index is 12.5. The molecule has 2 N–H and O–H groups in total. The first-order chi connectivity index (χ1) is 12.6. The standard InChI is InChI=1S/C19H30N4O3/c24-17-10-19(13-23(12-17)16-1-7-26-8-2-16)3-5-22(6-4-19)18(25)9-15-11-20-14-21-15/h11,14,16-17,24H,1-10,12-13H2,(H,20,21). The van der Waals surface area contributed by atoms with Crippen LogP contribution in [-0.2, 0) is 16.0 Å². The van der Waals surface area contributed by atoms with Gasteiger partial charge in [0.05, 0.1) is 18.9 Å². The maximum Gasteiger partial charge on any atom is 0.228 e. The second-order valence-corrected chi connectivity index (χ2v) is 8.27. The van der Waals surface area contributed by atoms with Crippen LogP contribution in [0.2, 0.25) is 0 Å². The Morgan fingerprint density at radius 1 is 1.35 bits per heavy atom. The highest BCUT2D eigenvalue weighted by Gasteiger charge is 2.43. The normalized spacial score (nSPS) is 27.7. The average Bonchev–Trinajstić information content (AvgIpc) is 3.15. The number of carbonyl (C=O) groups excluding carboxylic acids is 1. The molecule has 7 heteroatoms. The molecule has 144 valence electrons. The van der Waals surface area contributed by atoms with Crippen LogP contribution < -0.4 is 0 Å². The predicted molar refractivity (Wildman–Crippen MR) is 96.6 cm³/mol.